The number of piperidine rings is 2. The number of likely N-dealkylation sites (tertiary alicyclic amines) is 1. The molecule has 3 rings (SSSR count). The van der Waals surface area contributed by atoms with E-state index in [1.54, 1.807) is 0 Å². The van der Waals surface area contributed by atoms with Gasteiger partial charge in [-0.15, -0.1) is 0 Å². The molecular weight excluding hydrogens is 266 g/mol. The summed E-state index contributed by atoms with van der Waals surface area (Å²) in [4.78, 5) is 3.92. The minimum absolute atomic E-state index is 0.820. The molecule has 2 aliphatic rings. The van der Waals surface area contributed by atoms with Crippen molar-refractivity contribution in [1.82, 2.24) is 9.21 Å². The fraction of sp³-hybridized carbons (Fsp3) is 0.625. The molecule has 2 heterocycles. The Labute approximate surface area is 126 Å². The molecular formula is C16H25N3S. The van der Waals surface area contributed by atoms with E-state index >= 15 is 0 Å². The van der Waals surface area contributed by atoms with E-state index in [2.05, 4.69) is 21.3 Å². The van der Waals surface area contributed by atoms with Gasteiger partial charge in [0.05, 0.1) is 0 Å². The minimum atomic E-state index is 0.820. The van der Waals surface area contributed by atoms with Crippen molar-refractivity contribution in [2.75, 3.05) is 31.9 Å². The van der Waals surface area contributed by atoms with Crippen molar-refractivity contribution in [2.24, 2.45) is 0 Å². The topological polar surface area (TPSA) is 32.5 Å². The van der Waals surface area contributed by atoms with Gasteiger partial charge in [0.15, 0.2) is 0 Å². The minimum Gasteiger partial charge on any atom is -0.398 e. The van der Waals surface area contributed by atoms with Crippen LogP contribution in [0.3, 0.4) is 0 Å². The molecule has 0 aliphatic carbocycles. The molecule has 0 radical (unpaired) electrons. The third-order valence-electron chi connectivity index (χ3n) is 4.48. The van der Waals surface area contributed by atoms with Crippen LogP contribution >= 0.6 is 11.9 Å². The van der Waals surface area contributed by atoms with Crippen LogP contribution in [-0.2, 0) is 0 Å². The van der Waals surface area contributed by atoms with Gasteiger partial charge in [-0.05, 0) is 62.9 Å². The molecule has 1 aromatic rings. The zero-order valence-electron chi connectivity index (χ0n) is 12.1. The normalized spacial score (nSPS) is 23.0. The summed E-state index contributed by atoms with van der Waals surface area (Å²) in [5.41, 5.74) is 6.92. The molecule has 0 aromatic heterocycles. The van der Waals surface area contributed by atoms with Crippen LogP contribution in [0.25, 0.3) is 0 Å². The maximum atomic E-state index is 6.03. The van der Waals surface area contributed by atoms with E-state index in [9.17, 15) is 0 Å². The predicted molar refractivity (Wildman–Crippen MR) is 86.7 cm³/mol. The summed E-state index contributed by atoms with van der Waals surface area (Å²) in [5.74, 6) is 0. The van der Waals surface area contributed by atoms with Crippen LogP contribution in [0.4, 0.5) is 5.69 Å². The van der Waals surface area contributed by atoms with E-state index in [0.29, 0.717) is 0 Å². The smallest absolute Gasteiger partial charge is 0.0465 e. The lowest BCUT2D eigenvalue weighted by atomic mass is 10.0. The summed E-state index contributed by atoms with van der Waals surface area (Å²) >= 11 is 1.83. The molecule has 4 heteroatoms. The highest BCUT2D eigenvalue weighted by Crippen LogP contribution is 2.31. The molecule has 0 atom stereocenters. The van der Waals surface area contributed by atoms with Crippen LogP contribution in [0, 0.1) is 0 Å². The molecule has 2 fully saturated rings. The molecule has 0 saturated carbocycles. The summed E-state index contributed by atoms with van der Waals surface area (Å²) in [7, 11) is 0. The van der Waals surface area contributed by atoms with Gasteiger partial charge in [-0.3, -0.25) is 0 Å². The average molecular weight is 291 g/mol. The Kier molecular flexibility index (Phi) is 4.86. The highest BCUT2D eigenvalue weighted by molar-refractivity contribution is 7.97. The van der Waals surface area contributed by atoms with Gasteiger partial charge in [0, 0.05) is 29.7 Å². The van der Waals surface area contributed by atoms with Crippen molar-refractivity contribution in [1.29, 1.82) is 0 Å². The van der Waals surface area contributed by atoms with Crippen molar-refractivity contribution >= 4 is 17.6 Å². The molecule has 2 aliphatic heterocycles. The zero-order valence-corrected chi connectivity index (χ0v) is 12.9. The zero-order chi connectivity index (χ0) is 13.8. The number of rotatable bonds is 3. The highest BCUT2D eigenvalue weighted by Gasteiger charge is 2.26. The standard InChI is InChI=1S/C16H25N3S/c17-15-6-2-3-7-16(15)20-19-12-8-14(9-13-19)18-10-4-1-5-11-18/h2-3,6-7,14H,1,4-5,8-13,17H2. The van der Waals surface area contributed by atoms with Crippen LogP contribution in [-0.4, -0.2) is 41.4 Å². The number of benzene rings is 1. The Bertz CT molecular complexity index is 423. The van der Waals surface area contributed by atoms with E-state index in [1.165, 1.54) is 63.2 Å². The van der Waals surface area contributed by atoms with Crippen molar-refractivity contribution in [3.8, 4) is 0 Å². The first-order valence-corrected chi connectivity index (χ1v) is 8.62. The summed E-state index contributed by atoms with van der Waals surface area (Å²) in [5, 5.41) is 0. The van der Waals surface area contributed by atoms with E-state index in [0.717, 1.165) is 11.7 Å². The van der Waals surface area contributed by atoms with Crippen LogP contribution in [0.5, 0.6) is 0 Å². The van der Waals surface area contributed by atoms with Crippen molar-refractivity contribution in [2.45, 2.75) is 43.0 Å². The summed E-state index contributed by atoms with van der Waals surface area (Å²) in [6, 6.07) is 9.00. The lowest BCUT2D eigenvalue weighted by molar-refractivity contribution is 0.120. The predicted octanol–water partition coefficient (Wildman–Crippen LogP) is 3.23. The lowest BCUT2D eigenvalue weighted by Gasteiger charge is -2.39. The quantitative estimate of drug-likeness (QED) is 0.684. The maximum absolute atomic E-state index is 6.03. The van der Waals surface area contributed by atoms with Gasteiger partial charge in [-0.2, -0.15) is 0 Å². The van der Waals surface area contributed by atoms with Crippen molar-refractivity contribution in [3.05, 3.63) is 24.3 Å². The van der Waals surface area contributed by atoms with Crippen LogP contribution in [0.2, 0.25) is 0 Å². The monoisotopic (exact) mass is 291 g/mol. The van der Waals surface area contributed by atoms with E-state index in [-0.39, 0.29) is 0 Å². The summed E-state index contributed by atoms with van der Waals surface area (Å²) in [6.07, 6.45) is 6.84. The Morgan fingerprint density at radius 2 is 1.65 bits per heavy atom. The second-order valence-corrected chi connectivity index (χ2v) is 7.02. The van der Waals surface area contributed by atoms with E-state index in [1.807, 2.05) is 24.1 Å². The van der Waals surface area contributed by atoms with Gasteiger partial charge in [0.1, 0.15) is 0 Å². The van der Waals surface area contributed by atoms with E-state index in [4.69, 9.17) is 5.73 Å². The Morgan fingerprint density at radius 1 is 0.950 bits per heavy atom. The molecule has 110 valence electrons. The number of nitrogen functional groups attached to an aromatic ring is 1. The largest absolute Gasteiger partial charge is 0.398 e. The van der Waals surface area contributed by atoms with Crippen molar-refractivity contribution < 1.29 is 0 Å². The average Bonchev–Trinajstić information content (AvgIpc) is 2.51. The molecule has 20 heavy (non-hydrogen) atoms. The van der Waals surface area contributed by atoms with Gasteiger partial charge in [0.2, 0.25) is 0 Å². The first kappa shape index (κ1) is 14.2. The highest BCUT2D eigenvalue weighted by atomic mass is 32.2. The summed E-state index contributed by atoms with van der Waals surface area (Å²) in [6.45, 7) is 5.01. The third-order valence-corrected chi connectivity index (χ3v) is 5.67. The number of para-hydroxylation sites is 1. The first-order valence-electron chi connectivity index (χ1n) is 7.84. The molecule has 0 unspecified atom stereocenters. The SMILES string of the molecule is Nc1ccccc1SN1CCC(N2CCCCC2)CC1. The third kappa shape index (κ3) is 3.48. The molecule has 0 spiro atoms. The molecule has 1 aromatic carbocycles. The molecule has 2 N–H and O–H groups in total. The molecule has 0 bridgehead atoms. The number of hydrogen-bond donors (Lipinski definition) is 1. The number of hydrogen-bond acceptors (Lipinski definition) is 4. The second-order valence-electron chi connectivity index (χ2n) is 5.89. The molecule has 3 nitrogen and oxygen atoms in total. The Hall–Kier alpha value is -0.710. The van der Waals surface area contributed by atoms with Crippen molar-refractivity contribution in [3.63, 3.8) is 0 Å². The van der Waals surface area contributed by atoms with Gasteiger partial charge >= 0.3 is 0 Å². The maximum Gasteiger partial charge on any atom is 0.0465 e. The van der Waals surface area contributed by atoms with Gasteiger partial charge < -0.3 is 10.6 Å². The lowest BCUT2D eigenvalue weighted by Crippen LogP contribution is -2.45. The fourth-order valence-corrected chi connectivity index (χ4v) is 4.27. The Morgan fingerprint density at radius 3 is 2.35 bits per heavy atom. The van der Waals surface area contributed by atoms with Gasteiger partial charge in [-0.1, -0.05) is 18.6 Å². The first-order chi connectivity index (χ1) is 9.83. The number of nitrogens with two attached hydrogens (primary N) is 1. The van der Waals surface area contributed by atoms with Gasteiger partial charge in [-0.25, -0.2) is 4.31 Å². The second kappa shape index (κ2) is 6.83. The van der Waals surface area contributed by atoms with Crippen LogP contribution < -0.4 is 5.73 Å². The number of anilines is 1. The Balaban J connectivity index is 1.50. The fourth-order valence-electron chi connectivity index (χ4n) is 3.28. The van der Waals surface area contributed by atoms with Crippen LogP contribution in [0.15, 0.2) is 29.2 Å². The van der Waals surface area contributed by atoms with E-state index < -0.39 is 0 Å². The van der Waals surface area contributed by atoms with Gasteiger partial charge in [0.25, 0.3) is 0 Å². The van der Waals surface area contributed by atoms with Crippen LogP contribution in [0.1, 0.15) is 32.1 Å². The summed E-state index contributed by atoms with van der Waals surface area (Å²) < 4.78 is 2.48. The molecule has 2 saturated heterocycles. The number of nitrogens with zero attached hydrogens (tertiary/aromatic N) is 2. The molecule has 0 amide bonds.